The smallest absolute Gasteiger partial charge is 0.147 e. The second-order valence-corrected chi connectivity index (χ2v) is 4.77. The molecule has 4 heteroatoms. The van der Waals surface area contributed by atoms with Crippen LogP contribution in [0, 0.1) is 11.3 Å². The van der Waals surface area contributed by atoms with Gasteiger partial charge in [-0.15, -0.1) is 11.8 Å². The van der Waals surface area contributed by atoms with Gasteiger partial charge in [0.1, 0.15) is 11.9 Å². The topological polar surface area (TPSA) is 40.9 Å². The molecule has 0 aromatic heterocycles. The van der Waals surface area contributed by atoms with Gasteiger partial charge < -0.3 is 0 Å². The van der Waals surface area contributed by atoms with Crippen LogP contribution in [0.3, 0.4) is 0 Å². The fourth-order valence-electron chi connectivity index (χ4n) is 1.27. The quantitative estimate of drug-likeness (QED) is 0.631. The van der Waals surface area contributed by atoms with Crippen LogP contribution in [-0.4, -0.2) is 12.0 Å². The summed E-state index contributed by atoms with van der Waals surface area (Å²) in [4.78, 5) is 11.8. The highest BCUT2D eigenvalue weighted by Crippen LogP contribution is 2.31. The van der Waals surface area contributed by atoms with E-state index in [4.69, 9.17) is 5.26 Å². The fourth-order valence-corrected chi connectivity index (χ4v) is 2.23. The van der Waals surface area contributed by atoms with E-state index in [0.29, 0.717) is 5.56 Å². The van der Waals surface area contributed by atoms with Gasteiger partial charge in [-0.25, -0.2) is 0 Å². The van der Waals surface area contributed by atoms with Crippen molar-refractivity contribution in [3.63, 3.8) is 0 Å². The zero-order chi connectivity index (χ0) is 11.4. The van der Waals surface area contributed by atoms with Crippen molar-refractivity contribution < 1.29 is 4.79 Å². The Morgan fingerprint density at radius 1 is 1.60 bits per heavy atom. The van der Waals surface area contributed by atoms with E-state index in [2.05, 4.69) is 22.0 Å². The van der Waals surface area contributed by atoms with Gasteiger partial charge >= 0.3 is 0 Å². The Kier molecular flexibility index (Phi) is 4.37. The van der Waals surface area contributed by atoms with Gasteiger partial charge in [0.25, 0.3) is 0 Å². The molecule has 0 aliphatic heterocycles. The summed E-state index contributed by atoms with van der Waals surface area (Å²) >= 11 is 4.80. The van der Waals surface area contributed by atoms with Gasteiger partial charge in [0, 0.05) is 4.90 Å². The molecule has 15 heavy (non-hydrogen) atoms. The SMILES string of the molecule is CSc1cccc(C(Br)C(C)=O)c1C#N. The molecule has 1 aromatic rings. The lowest BCUT2D eigenvalue weighted by atomic mass is 10.0. The third kappa shape index (κ3) is 2.61. The van der Waals surface area contributed by atoms with E-state index in [1.54, 1.807) is 6.07 Å². The number of hydrogen-bond donors (Lipinski definition) is 0. The van der Waals surface area contributed by atoms with Crippen LogP contribution in [0.15, 0.2) is 23.1 Å². The Labute approximate surface area is 102 Å². The molecule has 1 aromatic carbocycles. The van der Waals surface area contributed by atoms with Gasteiger partial charge in [0.05, 0.1) is 10.4 Å². The zero-order valence-electron chi connectivity index (χ0n) is 8.45. The Bertz CT molecular complexity index is 425. The molecule has 0 N–H and O–H groups in total. The van der Waals surface area contributed by atoms with Crippen molar-refractivity contribution in [2.75, 3.05) is 6.26 Å². The molecule has 0 bridgehead atoms. The van der Waals surface area contributed by atoms with Crippen molar-refractivity contribution >= 4 is 33.5 Å². The summed E-state index contributed by atoms with van der Waals surface area (Å²) in [5.74, 6) is 0.00440. The molecule has 78 valence electrons. The lowest BCUT2D eigenvalue weighted by molar-refractivity contribution is -0.116. The van der Waals surface area contributed by atoms with Gasteiger partial charge in [0.2, 0.25) is 0 Å². The van der Waals surface area contributed by atoms with E-state index in [1.807, 2.05) is 18.4 Å². The first-order valence-electron chi connectivity index (χ1n) is 4.33. The number of rotatable bonds is 3. The lowest BCUT2D eigenvalue weighted by Gasteiger charge is -2.10. The molecule has 0 amide bonds. The molecule has 0 aliphatic rings. The lowest BCUT2D eigenvalue weighted by Crippen LogP contribution is -2.04. The molecule has 0 spiro atoms. The van der Waals surface area contributed by atoms with Crippen LogP contribution in [0.5, 0.6) is 0 Å². The number of Topliss-reactive ketones (excluding diaryl/α,β-unsaturated/α-hetero) is 1. The number of benzene rings is 1. The molecule has 1 unspecified atom stereocenters. The molecule has 2 nitrogen and oxygen atoms in total. The monoisotopic (exact) mass is 283 g/mol. The Hall–Kier alpha value is -0.790. The van der Waals surface area contributed by atoms with Gasteiger partial charge in [-0.05, 0) is 24.8 Å². The summed E-state index contributed by atoms with van der Waals surface area (Å²) in [5.41, 5.74) is 1.33. The van der Waals surface area contributed by atoms with Gasteiger partial charge in [-0.2, -0.15) is 5.26 Å². The van der Waals surface area contributed by atoms with Crippen molar-refractivity contribution in [2.24, 2.45) is 0 Å². The number of carbonyl (C=O) groups is 1. The summed E-state index contributed by atoms with van der Waals surface area (Å²) in [6, 6.07) is 7.69. The minimum atomic E-state index is -0.390. The third-order valence-corrected chi connectivity index (χ3v) is 3.94. The largest absolute Gasteiger partial charge is 0.298 e. The molecule has 0 heterocycles. The van der Waals surface area contributed by atoms with Crippen LogP contribution in [0.1, 0.15) is 22.9 Å². The van der Waals surface area contributed by atoms with Crippen LogP contribution < -0.4 is 0 Å². The van der Waals surface area contributed by atoms with Crippen molar-refractivity contribution in [1.82, 2.24) is 0 Å². The minimum absolute atomic E-state index is 0.00440. The molecule has 0 saturated carbocycles. The van der Waals surface area contributed by atoms with Crippen LogP contribution in [0.2, 0.25) is 0 Å². The van der Waals surface area contributed by atoms with Crippen LogP contribution in [0.4, 0.5) is 0 Å². The van der Waals surface area contributed by atoms with Crippen LogP contribution in [0.25, 0.3) is 0 Å². The number of alkyl halides is 1. The fraction of sp³-hybridized carbons (Fsp3) is 0.273. The summed E-state index contributed by atoms with van der Waals surface area (Å²) in [6.45, 7) is 1.51. The standard InChI is InChI=1S/C11H10BrNOS/c1-7(14)11(12)8-4-3-5-10(15-2)9(8)6-13/h3-5,11H,1-2H3. The second kappa shape index (κ2) is 5.34. The number of nitrogens with zero attached hydrogens (tertiary/aromatic N) is 1. The first kappa shape index (κ1) is 12.3. The summed E-state index contributed by atoms with van der Waals surface area (Å²) in [5, 5.41) is 9.07. The van der Waals surface area contributed by atoms with E-state index in [1.165, 1.54) is 18.7 Å². The first-order valence-corrected chi connectivity index (χ1v) is 6.47. The highest BCUT2D eigenvalue weighted by atomic mass is 79.9. The number of nitriles is 1. The molecule has 0 aliphatic carbocycles. The number of hydrogen-bond acceptors (Lipinski definition) is 3. The molecule has 0 saturated heterocycles. The average Bonchev–Trinajstić information content (AvgIpc) is 2.26. The van der Waals surface area contributed by atoms with Gasteiger partial charge in [-0.3, -0.25) is 4.79 Å². The number of ketones is 1. The predicted molar refractivity (Wildman–Crippen MR) is 65.3 cm³/mol. The van der Waals surface area contributed by atoms with Crippen molar-refractivity contribution in [3.8, 4) is 6.07 Å². The number of halogens is 1. The van der Waals surface area contributed by atoms with Gasteiger partial charge in [0.15, 0.2) is 0 Å². The maximum Gasteiger partial charge on any atom is 0.147 e. The van der Waals surface area contributed by atoms with E-state index < -0.39 is 0 Å². The maximum absolute atomic E-state index is 11.2. The molecule has 1 rings (SSSR count). The molecule has 0 radical (unpaired) electrons. The highest BCUT2D eigenvalue weighted by molar-refractivity contribution is 9.09. The minimum Gasteiger partial charge on any atom is -0.298 e. The van der Waals surface area contributed by atoms with Crippen LogP contribution in [-0.2, 0) is 4.79 Å². The third-order valence-electron chi connectivity index (χ3n) is 2.02. The van der Waals surface area contributed by atoms with Crippen molar-refractivity contribution in [3.05, 3.63) is 29.3 Å². The Balaban J connectivity index is 3.30. The summed E-state index contributed by atoms with van der Waals surface area (Å²) in [6.07, 6.45) is 1.91. The predicted octanol–water partition coefficient (Wildman–Crippen LogP) is 3.31. The van der Waals surface area contributed by atoms with Gasteiger partial charge in [-0.1, -0.05) is 28.1 Å². The first-order chi connectivity index (χ1) is 7.11. The number of thioether (sulfide) groups is 1. The summed E-state index contributed by atoms with van der Waals surface area (Å²) in [7, 11) is 0. The van der Waals surface area contributed by atoms with E-state index in [9.17, 15) is 4.79 Å². The normalized spacial score (nSPS) is 11.9. The van der Waals surface area contributed by atoms with E-state index in [-0.39, 0.29) is 10.6 Å². The van der Waals surface area contributed by atoms with Crippen LogP contribution >= 0.6 is 27.7 Å². The molecular weight excluding hydrogens is 274 g/mol. The Morgan fingerprint density at radius 2 is 2.27 bits per heavy atom. The Morgan fingerprint density at radius 3 is 2.73 bits per heavy atom. The number of carbonyl (C=O) groups excluding carboxylic acids is 1. The van der Waals surface area contributed by atoms with Crippen molar-refractivity contribution in [1.29, 1.82) is 5.26 Å². The molecular formula is C11H10BrNOS. The highest BCUT2D eigenvalue weighted by Gasteiger charge is 2.18. The maximum atomic E-state index is 11.2. The van der Waals surface area contributed by atoms with E-state index in [0.717, 1.165) is 10.5 Å². The zero-order valence-corrected chi connectivity index (χ0v) is 10.9. The summed E-state index contributed by atoms with van der Waals surface area (Å²) < 4.78 is 0. The average molecular weight is 284 g/mol. The molecule has 0 fully saturated rings. The van der Waals surface area contributed by atoms with E-state index >= 15 is 0 Å². The van der Waals surface area contributed by atoms with Crippen molar-refractivity contribution in [2.45, 2.75) is 16.6 Å². The second-order valence-electron chi connectivity index (χ2n) is 3.01. The molecule has 1 atom stereocenters.